The number of benzene rings is 1. The summed E-state index contributed by atoms with van der Waals surface area (Å²) in [5.74, 6) is 0.0768. The van der Waals surface area contributed by atoms with Crippen molar-refractivity contribution in [2.75, 3.05) is 46.0 Å². The van der Waals surface area contributed by atoms with Crippen molar-refractivity contribution in [1.82, 2.24) is 15.1 Å². The fourth-order valence-corrected chi connectivity index (χ4v) is 2.90. The Morgan fingerprint density at radius 3 is 2.50 bits per heavy atom. The standard InChI is InChI=1S/C17H28N4O/c1-20(2)16-7-10-21(11-8-16)12-9-19-17(22)13-14-3-5-15(18)6-4-14/h3-6,16H,7-13,18H2,1-2H3,(H,19,22). The molecule has 0 radical (unpaired) electrons. The third-order valence-corrected chi connectivity index (χ3v) is 4.38. The molecule has 5 nitrogen and oxygen atoms in total. The first-order valence-corrected chi connectivity index (χ1v) is 8.04. The molecule has 3 N–H and O–H groups in total. The Morgan fingerprint density at radius 1 is 1.27 bits per heavy atom. The van der Waals surface area contributed by atoms with Crippen LogP contribution in [0.2, 0.25) is 0 Å². The van der Waals surface area contributed by atoms with E-state index < -0.39 is 0 Å². The summed E-state index contributed by atoms with van der Waals surface area (Å²) >= 11 is 0. The van der Waals surface area contributed by atoms with Crippen LogP contribution >= 0.6 is 0 Å². The van der Waals surface area contributed by atoms with E-state index in [2.05, 4.69) is 29.2 Å². The second kappa shape index (κ2) is 8.15. The number of nitrogens with two attached hydrogens (primary N) is 1. The SMILES string of the molecule is CN(C)C1CCN(CCNC(=O)Cc2ccc(N)cc2)CC1. The first kappa shape index (κ1) is 16.8. The van der Waals surface area contributed by atoms with Crippen LogP contribution in [0.3, 0.4) is 0 Å². The Bertz CT molecular complexity index is 464. The van der Waals surface area contributed by atoms with Crippen molar-refractivity contribution in [3.8, 4) is 0 Å². The number of anilines is 1. The number of nitrogens with one attached hydrogen (secondary N) is 1. The van der Waals surface area contributed by atoms with Gasteiger partial charge >= 0.3 is 0 Å². The van der Waals surface area contributed by atoms with Crippen molar-refractivity contribution < 1.29 is 4.79 Å². The van der Waals surface area contributed by atoms with Gasteiger partial charge in [0.2, 0.25) is 5.91 Å². The van der Waals surface area contributed by atoms with Gasteiger partial charge in [0.25, 0.3) is 0 Å². The number of amides is 1. The molecule has 22 heavy (non-hydrogen) atoms. The quantitative estimate of drug-likeness (QED) is 0.768. The predicted octanol–water partition coefficient (Wildman–Crippen LogP) is 0.954. The average molecular weight is 304 g/mol. The van der Waals surface area contributed by atoms with Crippen LogP contribution < -0.4 is 11.1 Å². The van der Waals surface area contributed by atoms with Crippen LogP contribution in [-0.4, -0.2) is 62.0 Å². The molecule has 0 spiro atoms. The maximum Gasteiger partial charge on any atom is 0.224 e. The van der Waals surface area contributed by atoms with E-state index in [0.717, 1.165) is 37.4 Å². The van der Waals surface area contributed by atoms with Gasteiger partial charge < -0.3 is 20.9 Å². The summed E-state index contributed by atoms with van der Waals surface area (Å²) < 4.78 is 0. The Labute approximate surface area is 133 Å². The van der Waals surface area contributed by atoms with Crippen LogP contribution in [0.25, 0.3) is 0 Å². The monoisotopic (exact) mass is 304 g/mol. The minimum Gasteiger partial charge on any atom is -0.399 e. The third-order valence-electron chi connectivity index (χ3n) is 4.38. The lowest BCUT2D eigenvalue weighted by atomic mass is 10.0. The van der Waals surface area contributed by atoms with Gasteiger partial charge in [-0.05, 0) is 57.7 Å². The fourth-order valence-electron chi connectivity index (χ4n) is 2.90. The maximum atomic E-state index is 11.9. The lowest BCUT2D eigenvalue weighted by Crippen LogP contribution is -2.44. The highest BCUT2D eigenvalue weighted by molar-refractivity contribution is 5.78. The summed E-state index contributed by atoms with van der Waals surface area (Å²) in [4.78, 5) is 16.7. The van der Waals surface area contributed by atoms with Crippen molar-refractivity contribution in [2.45, 2.75) is 25.3 Å². The van der Waals surface area contributed by atoms with Crippen molar-refractivity contribution in [2.24, 2.45) is 0 Å². The number of carbonyl (C=O) groups is 1. The number of rotatable bonds is 6. The minimum absolute atomic E-state index is 0.0768. The highest BCUT2D eigenvalue weighted by Gasteiger charge is 2.20. The highest BCUT2D eigenvalue weighted by atomic mass is 16.1. The van der Waals surface area contributed by atoms with Gasteiger partial charge in [0.15, 0.2) is 0 Å². The normalized spacial score (nSPS) is 16.9. The molecule has 1 heterocycles. The predicted molar refractivity (Wildman–Crippen MR) is 90.7 cm³/mol. The summed E-state index contributed by atoms with van der Waals surface area (Å²) in [6, 6.07) is 8.17. The molecule has 0 aromatic heterocycles. The van der Waals surface area contributed by atoms with Gasteiger partial charge in [-0.2, -0.15) is 0 Å². The molecule has 1 saturated heterocycles. The van der Waals surface area contributed by atoms with Crippen LogP contribution in [-0.2, 0) is 11.2 Å². The van der Waals surface area contributed by atoms with Gasteiger partial charge in [-0.15, -0.1) is 0 Å². The molecule has 0 bridgehead atoms. The van der Waals surface area contributed by atoms with E-state index in [1.54, 1.807) is 0 Å². The third kappa shape index (κ3) is 5.31. The molecule has 1 amide bonds. The van der Waals surface area contributed by atoms with E-state index in [1.165, 1.54) is 12.8 Å². The van der Waals surface area contributed by atoms with Crippen molar-refractivity contribution in [3.05, 3.63) is 29.8 Å². The van der Waals surface area contributed by atoms with Crippen LogP contribution in [0.5, 0.6) is 0 Å². The fraction of sp³-hybridized carbons (Fsp3) is 0.588. The molecule has 1 aromatic carbocycles. The number of hydrogen-bond donors (Lipinski definition) is 2. The van der Waals surface area contributed by atoms with Crippen molar-refractivity contribution in [3.63, 3.8) is 0 Å². The topological polar surface area (TPSA) is 61.6 Å². The molecule has 1 aromatic rings. The summed E-state index contributed by atoms with van der Waals surface area (Å²) in [5, 5.41) is 3.00. The van der Waals surface area contributed by atoms with E-state index >= 15 is 0 Å². The lowest BCUT2D eigenvalue weighted by Gasteiger charge is -2.35. The van der Waals surface area contributed by atoms with Crippen LogP contribution in [0, 0.1) is 0 Å². The van der Waals surface area contributed by atoms with Crippen LogP contribution in [0.4, 0.5) is 5.69 Å². The number of likely N-dealkylation sites (tertiary alicyclic amines) is 1. The second-order valence-corrected chi connectivity index (χ2v) is 6.30. The molecule has 0 aliphatic carbocycles. The molecule has 1 aliphatic rings. The number of nitrogen functional groups attached to an aromatic ring is 1. The Hall–Kier alpha value is -1.59. The van der Waals surface area contributed by atoms with E-state index in [-0.39, 0.29) is 5.91 Å². The van der Waals surface area contributed by atoms with E-state index in [4.69, 9.17) is 5.73 Å². The second-order valence-electron chi connectivity index (χ2n) is 6.30. The lowest BCUT2D eigenvalue weighted by molar-refractivity contribution is -0.120. The number of nitrogens with zero attached hydrogens (tertiary/aromatic N) is 2. The molecular formula is C17H28N4O. The van der Waals surface area contributed by atoms with Gasteiger partial charge in [0.05, 0.1) is 6.42 Å². The number of piperidine rings is 1. The molecule has 0 saturated carbocycles. The number of hydrogen-bond acceptors (Lipinski definition) is 4. The summed E-state index contributed by atoms with van der Waals surface area (Å²) in [7, 11) is 4.30. The highest BCUT2D eigenvalue weighted by Crippen LogP contribution is 2.13. The summed E-state index contributed by atoms with van der Waals surface area (Å²) in [6.07, 6.45) is 2.85. The molecule has 122 valence electrons. The Kier molecular flexibility index (Phi) is 6.21. The van der Waals surface area contributed by atoms with Gasteiger partial charge in [0, 0.05) is 24.8 Å². The molecule has 0 unspecified atom stereocenters. The number of carbonyl (C=O) groups excluding carboxylic acids is 1. The minimum atomic E-state index is 0.0768. The first-order valence-electron chi connectivity index (χ1n) is 8.04. The van der Waals surface area contributed by atoms with Gasteiger partial charge in [-0.3, -0.25) is 4.79 Å². The van der Waals surface area contributed by atoms with Crippen LogP contribution in [0.1, 0.15) is 18.4 Å². The van der Waals surface area contributed by atoms with Crippen molar-refractivity contribution in [1.29, 1.82) is 0 Å². The van der Waals surface area contributed by atoms with E-state index in [1.807, 2.05) is 24.3 Å². The zero-order chi connectivity index (χ0) is 15.9. The van der Waals surface area contributed by atoms with E-state index in [9.17, 15) is 4.79 Å². The Morgan fingerprint density at radius 2 is 1.91 bits per heavy atom. The van der Waals surface area contributed by atoms with Gasteiger partial charge in [0.1, 0.15) is 0 Å². The summed E-state index contributed by atoms with van der Waals surface area (Å²) in [5.41, 5.74) is 7.37. The molecular weight excluding hydrogens is 276 g/mol. The van der Waals surface area contributed by atoms with E-state index in [0.29, 0.717) is 12.5 Å². The smallest absolute Gasteiger partial charge is 0.224 e. The summed E-state index contributed by atoms with van der Waals surface area (Å²) in [6.45, 7) is 3.90. The van der Waals surface area contributed by atoms with Gasteiger partial charge in [-0.25, -0.2) is 0 Å². The molecule has 1 aliphatic heterocycles. The average Bonchev–Trinajstić information content (AvgIpc) is 2.50. The molecule has 1 fully saturated rings. The molecule has 0 atom stereocenters. The first-order chi connectivity index (χ1) is 10.5. The van der Waals surface area contributed by atoms with Crippen LogP contribution in [0.15, 0.2) is 24.3 Å². The molecule has 2 rings (SSSR count). The molecule has 5 heteroatoms. The largest absolute Gasteiger partial charge is 0.399 e. The zero-order valence-electron chi connectivity index (χ0n) is 13.7. The Balaban J connectivity index is 1.62. The van der Waals surface area contributed by atoms with Crippen molar-refractivity contribution >= 4 is 11.6 Å². The zero-order valence-corrected chi connectivity index (χ0v) is 13.7. The van der Waals surface area contributed by atoms with Gasteiger partial charge in [-0.1, -0.05) is 12.1 Å². The maximum absolute atomic E-state index is 11.9.